The predicted molar refractivity (Wildman–Crippen MR) is 61.8 cm³/mol. The molecule has 2 aliphatic rings. The van der Waals surface area contributed by atoms with Gasteiger partial charge in [0.15, 0.2) is 0 Å². The molecule has 0 aromatic heterocycles. The maximum Gasteiger partial charge on any atom is 0.315 e. The van der Waals surface area contributed by atoms with Gasteiger partial charge in [0.05, 0.1) is 12.0 Å². The third-order valence-corrected chi connectivity index (χ3v) is 3.46. The highest BCUT2D eigenvalue weighted by Gasteiger charge is 2.34. The van der Waals surface area contributed by atoms with Gasteiger partial charge in [-0.25, -0.2) is 4.79 Å². The van der Waals surface area contributed by atoms with E-state index in [1.165, 1.54) is 0 Å². The first-order valence-electron chi connectivity index (χ1n) is 6.13. The van der Waals surface area contributed by atoms with Gasteiger partial charge in [-0.15, -0.1) is 0 Å². The molecule has 0 aromatic rings. The SMILES string of the molecule is O=C1CC(NC(=O)NC2CCCC2C(=O)O)CN1. The van der Waals surface area contributed by atoms with Crippen molar-refractivity contribution >= 4 is 17.9 Å². The molecule has 3 amide bonds. The van der Waals surface area contributed by atoms with Crippen molar-refractivity contribution in [3.05, 3.63) is 0 Å². The van der Waals surface area contributed by atoms with Crippen molar-refractivity contribution < 1.29 is 19.5 Å². The van der Waals surface area contributed by atoms with E-state index in [4.69, 9.17) is 5.11 Å². The summed E-state index contributed by atoms with van der Waals surface area (Å²) >= 11 is 0. The van der Waals surface area contributed by atoms with Crippen molar-refractivity contribution in [1.82, 2.24) is 16.0 Å². The summed E-state index contributed by atoms with van der Waals surface area (Å²) in [5.41, 5.74) is 0. The fraction of sp³-hybridized carbons (Fsp3) is 0.727. The molecule has 1 saturated heterocycles. The van der Waals surface area contributed by atoms with Crippen molar-refractivity contribution in [2.24, 2.45) is 5.92 Å². The number of rotatable bonds is 3. The van der Waals surface area contributed by atoms with Crippen molar-refractivity contribution in [1.29, 1.82) is 0 Å². The van der Waals surface area contributed by atoms with Crippen LogP contribution in [0, 0.1) is 5.92 Å². The summed E-state index contributed by atoms with van der Waals surface area (Å²) in [7, 11) is 0. The Labute approximate surface area is 104 Å². The summed E-state index contributed by atoms with van der Waals surface area (Å²) in [6.07, 6.45) is 2.38. The van der Waals surface area contributed by atoms with Crippen LogP contribution >= 0.6 is 0 Å². The second kappa shape index (κ2) is 5.24. The molecule has 1 aliphatic carbocycles. The normalized spacial score (nSPS) is 30.9. The number of amides is 3. The fourth-order valence-corrected chi connectivity index (χ4v) is 2.53. The van der Waals surface area contributed by atoms with E-state index < -0.39 is 17.9 Å². The lowest BCUT2D eigenvalue weighted by Gasteiger charge is -2.19. The third-order valence-electron chi connectivity index (χ3n) is 3.46. The number of hydrogen-bond acceptors (Lipinski definition) is 3. The highest BCUT2D eigenvalue weighted by molar-refractivity contribution is 5.82. The molecule has 3 atom stereocenters. The van der Waals surface area contributed by atoms with Gasteiger partial charge in [0.1, 0.15) is 0 Å². The molecule has 3 unspecified atom stereocenters. The molecule has 7 heteroatoms. The van der Waals surface area contributed by atoms with Gasteiger partial charge in [0, 0.05) is 19.0 Å². The maximum atomic E-state index is 11.7. The molecule has 2 rings (SSSR count). The quantitative estimate of drug-likeness (QED) is 0.541. The minimum atomic E-state index is -0.865. The Balaban J connectivity index is 1.80. The smallest absolute Gasteiger partial charge is 0.315 e. The standard InChI is InChI=1S/C11H17N3O4/c15-9-4-6(5-12-9)13-11(18)14-8-3-1-2-7(8)10(16)17/h6-8H,1-5H2,(H,12,15)(H,16,17)(H2,13,14,18). The average Bonchev–Trinajstić information content (AvgIpc) is 2.87. The summed E-state index contributed by atoms with van der Waals surface area (Å²) < 4.78 is 0. The van der Waals surface area contributed by atoms with Gasteiger partial charge in [-0.05, 0) is 12.8 Å². The van der Waals surface area contributed by atoms with E-state index in [1.54, 1.807) is 0 Å². The van der Waals surface area contributed by atoms with Crippen LogP contribution in [0.1, 0.15) is 25.7 Å². The lowest BCUT2D eigenvalue weighted by molar-refractivity contribution is -0.142. The monoisotopic (exact) mass is 255 g/mol. The molecule has 1 aliphatic heterocycles. The number of hydrogen-bond donors (Lipinski definition) is 4. The van der Waals surface area contributed by atoms with E-state index in [1.807, 2.05) is 0 Å². The third kappa shape index (κ3) is 2.91. The number of carbonyl (C=O) groups excluding carboxylic acids is 2. The molecule has 4 N–H and O–H groups in total. The zero-order valence-electron chi connectivity index (χ0n) is 9.94. The van der Waals surface area contributed by atoms with Gasteiger partial charge in [-0.2, -0.15) is 0 Å². The van der Waals surface area contributed by atoms with Gasteiger partial charge in [-0.3, -0.25) is 9.59 Å². The van der Waals surface area contributed by atoms with Gasteiger partial charge in [-0.1, -0.05) is 6.42 Å². The number of aliphatic carboxylic acids is 1. The van der Waals surface area contributed by atoms with Crippen LogP contribution in [0.3, 0.4) is 0 Å². The topological polar surface area (TPSA) is 108 Å². The van der Waals surface area contributed by atoms with Gasteiger partial charge in [0.25, 0.3) is 0 Å². The van der Waals surface area contributed by atoms with Crippen LogP contribution < -0.4 is 16.0 Å². The second-order valence-corrected chi connectivity index (χ2v) is 4.81. The first kappa shape index (κ1) is 12.7. The van der Waals surface area contributed by atoms with Gasteiger partial charge in [0.2, 0.25) is 5.91 Å². The zero-order valence-corrected chi connectivity index (χ0v) is 9.94. The predicted octanol–water partition coefficient (Wildman–Crippen LogP) is -0.573. The van der Waals surface area contributed by atoms with Crippen molar-refractivity contribution in [2.75, 3.05) is 6.54 Å². The molecule has 0 bridgehead atoms. The Morgan fingerprint density at radius 1 is 1.28 bits per heavy atom. The largest absolute Gasteiger partial charge is 0.481 e. The van der Waals surface area contributed by atoms with E-state index in [-0.39, 0.29) is 24.4 Å². The molecule has 0 spiro atoms. The van der Waals surface area contributed by atoms with Crippen LogP contribution in [0.15, 0.2) is 0 Å². The maximum absolute atomic E-state index is 11.7. The number of carbonyl (C=O) groups is 3. The summed E-state index contributed by atoms with van der Waals surface area (Å²) in [5, 5.41) is 17.0. The highest BCUT2D eigenvalue weighted by atomic mass is 16.4. The molecule has 100 valence electrons. The molecule has 1 saturated carbocycles. The molecule has 1 heterocycles. The van der Waals surface area contributed by atoms with E-state index in [9.17, 15) is 14.4 Å². The molecule has 0 radical (unpaired) electrons. The highest BCUT2D eigenvalue weighted by Crippen LogP contribution is 2.25. The number of urea groups is 1. The minimum absolute atomic E-state index is 0.0791. The van der Waals surface area contributed by atoms with Crippen LogP contribution in [-0.2, 0) is 9.59 Å². The molecule has 18 heavy (non-hydrogen) atoms. The van der Waals surface area contributed by atoms with Crippen molar-refractivity contribution in [3.8, 4) is 0 Å². The first-order valence-corrected chi connectivity index (χ1v) is 6.13. The fourth-order valence-electron chi connectivity index (χ4n) is 2.53. The Hall–Kier alpha value is -1.79. The summed E-state index contributed by atoms with van der Waals surface area (Å²) in [4.78, 5) is 33.6. The lowest BCUT2D eigenvalue weighted by Crippen LogP contribution is -2.48. The molecule has 7 nitrogen and oxygen atoms in total. The summed E-state index contributed by atoms with van der Waals surface area (Å²) in [5.74, 6) is -1.45. The van der Waals surface area contributed by atoms with E-state index >= 15 is 0 Å². The van der Waals surface area contributed by atoms with E-state index in [0.29, 0.717) is 19.4 Å². The summed E-state index contributed by atoms with van der Waals surface area (Å²) in [6.45, 7) is 0.430. The number of carboxylic acids is 1. The molecule has 2 fully saturated rings. The van der Waals surface area contributed by atoms with Crippen LogP contribution in [0.25, 0.3) is 0 Å². The number of nitrogens with one attached hydrogen (secondary N) is 3. The number of carboxylic acid groups (broad SMARTS) is 1. The van der Waals surface area contributed by atoms with Crippen LogP contribution in [0.4, 0.5) is 4.79 Å². The Morgan fingerprint density at radius 3 is 2.67 bits per heavy atom. The molecular weight excluding hydrogens is 238 g/mol. The van der Waals surface area contributed by atoms with E-state index in [2.05, 4.69) is 16.0 Å². The Kier molecular flexibility index (Phi) is 3.69. The van der Waals surface area contributed by atoms with Crippen LogP contribution in [-0.4, -0.2) is 41.6 Å². The van der Waals surface area contributed by atoms with E-state index in [0.717, 1.165) is 6.42 Å². The molecule has 0 aromatic carbocycles. The summed E-state index contributed by atoms with van der Waals surface area (Å²) in [6, 6.07) is -0.913. The lowest BCUT2D eigenvalue weighted by atomic mass is 10.0. The zero-order chi connectivity index (χ0) is 13.1. The van der Waals surface area contributed by atoms with Crippen molar-refractivity contribution in [3.63, 3.8) is 0 Å². The van der Waals surface area contributed by atoms with Crippen LogP contribution in [0.5, 0.6) is 0 Å². The first-order chi connectivity index (χ1) is 8.56. The van der Waals surface area contributed by atoms with Crippen LogP contribution in [0.2, 0.25) is 0 Å². The second-order valence-electron chi connectivity index (χ2n) is 4.81. The Morgan fingerprint density at radius 2 is 2.06 bits per heavy atom. The van der Waals surface area contributed by atoms with Gasteiger partial charge >= 0.3 is 12.0 Å². The van der Waals surface area contributed by atoms with Gasteiger partial charge < -0.3 is 21.1 Å². The van der Waals surface area contributed by atoms with Crippen molar-refractivity contribution in [2.45, 2.75) is 37.8 Å². The Bertz CT molecular complexity index is 371. The minimum Gasteiger partial charge on any atom is -0.481 e. The average molecular weight is 255 g/mol. The molecular formula is C11H17N3O4.